The summed E-state index contributed by atoms with van der Waals surface area (Å²) in [6.07, 6.45) is 1.65. The number of nitrogens with one attached hydrogen (secondary N) is 2. The first-order valence-corrected chi connectivity index (χ1v) is 8.72. The van der Waals surface area contributed by atoms with Gasteiger partial charge in [0.1, 0.15) is 0 Å². The van der Waals surface area contributed by atoms with Gasteiger partial charge in [0.05, 0.1) is 19.4 Å². The fourth-order valence-electron chi connectivity index (χ4n) is 2.95. The van der Waals surface area contributed by atoms with Crippen molar-refractivity contribution < 1.29 is 9.53 Å². The van der Waals surface area contributed by atoms with E-state index in [9.17, 15) is 4.79 Å². The third-order valence-electron chi connectivity index (χ3n) is 4.35. The maximum absolute atomic E-state index is 11.9. The van der Waals surface area contributed by atoms with Gasteiger partial charge < -0.3 is 15.0 Å². The first kappa shape index (κ1) is 17.9. The van der Waals surface area contributed by atoms with Gasteiger partial charge in [-0.25, -0.2) is 10.2 Å². The van der Waals surface area contributed by atoms with Gasteiger partial charge in [0.15, 0.2) is 0 Å². The summed E-state index contributed by atoms with van der Waals surface area (Å²) in [6, 6.07) is 13.4. The van der Waals surface area contributed by atoms with E-state index in [0.717, 1.165) is 43.1 Å². The number of hydrogen-bond acceptors (Lipinski definition) is 4. The Bertz CT molecular complexity index is 798. The van der Waals surface area contributed by atoms with Crippen molar-refractivity contribution in [2.45, 2.75) is 13.8 Å². The second-order valence-corrected chi connectivity index (χ2v) is 6.28. The van der Waals surface area contributed by atoms with Crippen LogP contribution in [-0.4, -0.2) is 38.5 Å². The molecule has 0 bridgehead atoms. The average Bonchev–Trinajstić information content (AvgIpc) is 2.64. The van der Waals surface area contributed by atoms with Gasteiger partial charge in [-0.1, -0.05) is 24.3 Å². The molecule has 2 aromatic rings. The molecule has 2 aromatic carbocycles. The lowest BCUT2D eigenvalue weighted by molar-refractivity contribution is 0.122. The summed E-state index contributed by atoms with van der Waals surface area (Å²) in [5, 5.41) is 6.81. The fourth-order valence-corrected chi connectivity index (χ4v) is 2.95. The van der Waals surface area contributed by atoms with E-state index in [2.05, 4.69) is 39.8 Å². The Morgan fingerprint density at radius 1 is 1.12 bits per heavy atom. The maximum atomic E-state index is 11.9. The van der Waals surface area contributed by atoms with Crippen LogP contribution in [0, 0.1) is 13.8 Å². The lowest BCUT2D eigenvalue weighted by atomic mass is 10.1. The molecule has 2 amide bonds. The number of carbonyl (C=O) groups is 1. The second kappa shape index (κ2) is 8.49. The van der Waals surface area contributed by atoms with Crippen LogP contribution in [0.5, 0.6) is 0 Å². The van der Waals surface area contributed by atoms with E-state index in [1.54, 1.807) is 6.21 Å². The van der Waals surface area contributed by atoms with Crippen molar-refractivity contribution in [3.05, 3.63) is 59.2 Å². The first-order valence-electron chi connectivity index (χ1n) is 8.72. The Balaban J connectivity index is 1.57. The standard InChI is InChI=1S/C20H24N4O2/c1-15-5-3-4-6-18(15)22-20(25)23-21-14-17-7-8-19(16(2)13-17)24-9-11-26-12-10-24/h3-8,13-14H,9-12H2,1-2H3,(H2,22,23,25). The lowest BCUT2D eigenvalue weighted by Gasteiger charge is -2.30. The van der Waals surface area contributed by atoms with E-state index in [0.29, 0.717) is 0 Å². The molecule has 0 atom stereocenters. The average molecular weight is 352 g/mol. The maximum Gasteiger partial charge on any atom is 0.339 e. The molecule has 0 aromatic heterocycles. The topological polar surface area (TPSA) is 66.0 Å². The molecule has 1 aliphatic heterocycles. The summed E-state index contributed by atoms with van der Waals surface area (Å²) in [6.45, 7) is 7.38. The van der Waals surface area contributed by atoms with Gasteiger partial charge in [0, 0.05) is 24.5 Å². The predicted molar refractivity (Wildman–Crippen MR) is 105 cm³/mol. The fraction of sp³-hybridized carbons (Fsp3) is 0.300. The summed E-state index contributed by atoms with van der Waals surface area (Å²) in [4.78, 5) is 14.3. The Kier molecular flexibility index (Phi) is 5.86. The number of morpholine rings is 1. The highest BCUT2D eigenvalue weighted by Crippen LogP contribution is 2.21. The molecule has 6 nitrogen and oxygen atoms in total. The Morgan fingerprint density at radius 3 is 2.62 bits per heavy atom. The molecule has 1 heterocycles. The zero-order chi connectivity index (χ0) is 18.4. The van der Waals surface area contributed by atoms with Crippen molar-refractivity contribution in [1.82, 2.24) is 5.43 Å². The molecule has 0 radical (unpaired) electrons. The van der Waals surface area contributed by atoms with Gasteiger partial charge in [0.25, 0.3) is 0 Å². The minimum Gasteiger partial charge on any atom is -0.378 e. The molecular weight excluding hydrogens is 328 g/mol. The Morgan fingerprint density at radius 2 is 1.88 bits per heavy atom. The Hall–Kier alpha value is -2.86. The number of amides is 2. The number of ether oxygens (including phenoxy) is 1. The molecule has 2 N–H and O–H groups in total. The van der Waals surface area contributed by atoms with E-state index >= 15 is 0 Å². The number of nitrogens with zero attached hydrogens (tertiary/aromatic N) is 2. The Labute approximate surface area is 153 Å². The molecule has 1 fully saturated rings. The van der Waals surface area contributed by atoms with Gasteiger partial charge in [-0.05, 0) is 48.7 Å². The molecule has 0 aliphatic carbocycles. The van der Waals surface area contributed by atoms with Crippen molar-refractivity contribution in [2.75, 3.05) is 36.5 Å². The molecule has 0 spiro atoms. The van der Waals surface area contributed by atoms with Crippen LogP contribution in [0.25, 0.3) is 0 Å². The lowest BCUT2D eigenvalue weighted by Crippen LogP contribution is -2.36. The minimum absolute atomic E-state index is 0.364. The van der Waals surface area contributed by atoms with Crippen LogP contribution < -0.4 is 15.6 Å². The summed E-state index contributed by atoms with van der Waals surface area (Å²) in [7, 11) is 0. The van der Waals surface area contributed by atoms with Crippen molar-refractivity contribution in [1.29, 1.82) is 0 Å². The molecule has 26 heavy (non-hydrogen) atoms. The SMILES string of the molecule is Cc1ccccc1NC(=O)NN=Cc1ccc(N2CCOCC2)c(C)c1. The summed E-state index contributed by atoms with van der Waals surface area (Å²) in [5.74, 6) is 0. The van der Waals surface area contributed by atoms with Crippen molar-refractivity contribution in [3.8, 4) is 0 Å². The summed E-state index contributed by atoms with van der Waals surface area (Å²) >= 11 is 0. The minimum atomic E-state index is -0.364. The first-order chi connectivity index (χ1) is 12.6. The van der Waals surface area contributed by atoms with E-state index in [-0.39, 0.29) is 6.03 Å². The number of carbonyl (C=O) groups excluding carboxylic acids is 1. The molecule has 1 aliphatic rings. The third kappa shape index (κ3) is 4.61. The number of hydrazone groups is 1. The van der Waals surface area contributed by atoms with Gasteiger partial charge in [-0.3, -0.25) is 0 Å². The van der Waals surface area contributed by atoms with Crippen LogP contribution in [0.15, 0.2) is 47.6 Å². The molecule has 3 rings (SSSR count). The highest BCUT2D eigenvalue weighted by atomic mass is 16.5. The van der Waals surface area contributed by atoms with E-state index in [4.69, 9.17) is 4.74 Å². The molecule has 0 saturated carbocycles. The number of para-hydroxylation sites is 1. The molecule has 6 heteroatoms. The van der Waals surface area contributed by atoms with Crippen LogP contribution >= 0.6 is 0 Å². The van der Waals surface area contributed by atoms with E-state index in [1.807, 2.05) is 37.3 Å². The van der Waals surface area contributed by atoms with Crippen LogP contribution in [-0.2, 0) is 4.74 Å². The molecule has 1 saturated heterocycles. The number of hydrogen-bond donors (Lipinski definition) is 2. The van der Waals surface area contributed by atoms with Crippen molar-refractivity contribution >= 4 is 23.6 Å². The molecule has 0 unspecified atom stereocenters. The highest BCUT2D eigenvalue weighted by Gasteiger charge is 2.13. The number of benzene rings is 2. The van der Waals surface area contributed by atoms with Gasteiger partial charge in [0.2, 0.25) is 0 Å². The molecule has 136 valence electrons. The van der Waals surface area contributed by atoms with Crippen LogP contribution in [0.1, 0.15) is 16.7 Å². The van der Waals surface area contributed by atoms with Crippen molar-refractivity contribution in [2.24, 2.45) is 5.10 Å². The number of aryl methyl sites for hydroxylation is 2. The summed E-state index contributed by atoms with van der Waals surface area (Å²) < 4.78 is 5.40. The summed E-state index contributed by atoms with van der Waals surface area (Å²) in [5.41, 5.74) is 7.61. The number of anilines is 2. The smallest absolute Gasteiger partial charge is 0.339 e. The van der Waals surface area contributed by atoms with E-state index in [1.165, 1.54) is 11.3 Å². The van der Waals surface area contributed by atoms with E-state index < -0.39 is 0 Å². The highest BCUT2D eigenvalue weighted by molar-refractivity contribution is 5.91. The number of urea groups is 1. The van der Waals surface area contributed by atoms with Crippen LogP contribution in [0.4, 0.5) is 16.2 Å². The third-order valence-corrected chi connectivity index (χ3v) is 4.35. The second-order valence-electron chi connectivity index (χ2n) is 6.28. The van der Waals surface area contributed by atoms with Crippen LogP contribution in [0.3, 0.4) is 0 Å². The molecular formula is C20H24N4O2. The van der Waals surface area contributed by atoms with Gasteiger partial charge in [-0.2, -0.15) is 5.10 Å². The predicted octanol–water partition coefficient (Wildman–Crippen LogP) is 3.30. The quantitative estimate of drug-likeness (QED) is 0.655. The van der Waals surface area contributed by atoms with Gasteiger partial charge in [-0.15, -0.1) is 0 Å². The van der Waals surface area contributed by atoms with Gasteiger partial charge >= 0.3 is 6.03 Å². The van der Waals surface area contributed by atoms with Crippen LogP contribution in [0.2, 0.25) is 0 Å². The normalized spacial score (nSPS) is 14.5. The zero-order valence-corrected chi connectivity index (χ0v) is 15.2. The zero-order valence-electron chi connectivity index (χ0n) is 15.2. The number of rotatable bonds is 4. The van der Waals surface area contributed by atoms with Crippen molar-refractivity contribution in [3.63, 3.8) is 0 Å². The largest absolute Gasteiger partial charge is 0.378 e. The monoisotopic (exact) mass is 352 g/mol.